The van der Waals surface area contributed by atoms with Crippen LogP contribution in [0.15, 0.2) is 0 Å². The number of aliphatic carboxylic acids is 1. The van der Waals surface area contributed by atoms with Gasteiger partial charge in [0.15, 0.2) is 5.60 Å². The Hall–Kier alpha value is -0.460. The number of rotatable bonds is 2. The molecule has 7 heteroatoms. The van der Waals surface area contributed by atoms with Gasteiger partial charge in [0, 0.05) is 0 Å². The lowest BCUT2D eigenvalue weighted by molar-refractivity contribution is -0.155. The van der Waals surface area contributed by atoms with Gasteiger partial charge in [0.25, 0.3) is 6.43 Å². The van der Waals surface area contributed by atoms with Crippen molar-refractivity contribution >= 4 is 18.4 Å². The third kappa shape index (κ3) is 2.07. The summed E-state index contributed by atoms with van der Waals surface area (Å²) in [6, 6.07) is -1.56. The lowest BCUT2D eigenvalue weighted by atomic mass is 9.96. The minimum Gasteiger partial charge on any atom is -0.480 e. The first-order valence-electron chi connectivity index (χ1n) is 3.45. The van der Waals surface area contributed by atoms with Crippen molar-refractivity contribution in [2.24, 2.45) is 0 Å². The number of halogens is 3. The summed E-state index contributed by atoms with van der Waals surface area (Å²) in [7, 11) is 0. The first kappa shape index (κ1) is 12.5. The summed E-state index contributed by atoms with van der Waals surface area (Å²) in [6.45, 7) is 0.0950. The zero-order chi connectivity index (χ0) is 9.35. The highest BCUT2D eigenvalue weighted by molar-refractivity contribution is 5.85. The van der Waals surface area contributed by atoms with E-state index in [-0.39, 0.29) is 25.4 Å². The van der Waals surface area contributed by atoms with Crippen LogP contribution in [0.5, 0.6) is 0 Å². The molecule has 1 aliphatic heterocycles. The molecule has 0 spiro atoms. The lowest BCUT2D eigenvalue weighted by Crippen LogP contribution is -2.52. The van der Waals surface area contributed by atoms with Crippen molar-refractivity contribution in [2.75, 3.05) is 6.54 Å². The van der Waals surface area contributed by atoms with E-state index in [0.717, 1.165) is 0 Å². The molecule has 1 aliphatic rings. The topological polar surface area (TPSA) is 69.6 Å². The zero-order valence-electron chi connectivity index (χ0n) is 6.54. The van der Waals surface area contributed by atoms with Crippen molar-refractivity contribution in [1.29, 1.82) is 0 Å². The highest BCUT2D eigenvalue weighted by Crippen LogP contribution is 2.28. The number of hydrogen-bond acceptors (Lipinski definition) is 3. The fourth-order valence-electron chi connectivity index (χ4n) is 1.27. The molecule has 1 saturated heterocycles. The average molecular weight is 218 g/mol. The van der Waals surface area contributed by atoms with Gasteiger partial charge in [-0.15, -0.1) is 12.4 Å². The Morgan fingerprint density at radius 3 is 2.46 bits per heavy atom. The van der Waals surface area contributed by atoms with Gasteiger partial charge in [0.05, 0.1) is 0 Å². The number of hydrogen-bond donors (Lipinski definition) is 3. The van der Waals surface area contributed by atoms with Crippen molar-refractivity contribution in [3.05, 3.63) is 0 Å². The summed E-state index contributed by atoms with van der Waals surface area (Å²) in [4.78, 5) is 10.4. The minimum absolute atomic E-state index is 0. The molecule has 3 N–H and O–H groups in total. The van der Waals surface area contributed by atoms with Gasteiger partial charge in [0.1, 0.15) is 6.04 Å². The first-order chi connectivity index (χ1) is 5.48. The number of aliphatic hydroxyl groups is 1. The SMILES string of the molecule is Cl.O=C(O)[C@H]1NCC[C@@]1(O)C(F)F. The minimum atomic E-state index is -3.03. The Bertz CT molecular complexity index is 204. The standard InChI is InChI=1S/C6H9F2NO3.ClH/c7-5(8)6(12)1-2-9-3(6)4(10)11;/h3,5,9,12H,1-2H2,(H,10,11);1H/t3-,6+;/m1./s1. The molecule has 1 fully saturated rings. The Labute approximate surface area is 79.3 Å². The van der Waals surface area contributed by atoms with E-state index in [4.69, 9.17) is 5.11 Å². The Morgan fingerprint density at radius 1 is 1.62 bits per heavy atom. The molecule has 0 amide bonds. The predicted molar refractivity (Wildman–Crippen MR) is 42.2 cm³/mol. The van der Waals surface area contributed by atoms with Crippen LogP contribution in [0.3, 0.4) is 0 Å². The first-order valence-corrected chi connectivity index (χ1v) is 3.45. The molecule has 0 saturated carbocycles. The summed E-state index contributed by atoms with van der Waals surface area (Å²) in [5.74, 6) is -1.45. The van der Waals surface area contributed by atoms with Crippen molar-refractivity contribution in [3.8, 4) is 0 Å². The van der Waals surface area contributed by atoms with Gasteiger partial charge in [-0.2, -0.15) is 0 Å². The van der Waals surface area contributed by atoms with E-state index in [1.807, 2.05) is 0 Å². The predicted octanol–water partition coefficient (Wildman–Crippen LogP) is -0.149. The van der Waals surface area contributed by atoms with Gasteiger partial charge >= 0.3 is 5.97 Å². The van der Waals surface area contributed by atoms with Crippen LogP contribution >= 0.6 is 12.4 Å². The molecule has 1 rings (SSSR count). The van der Waals surface area contributed by atoms with Crippen molar-refractivity contribution < 1.29 is 23.8 Å². The van der Waals surface area contributed by atoms with E-state index in [9.17, 15) is 18.7 Å². The molecule has 0 aromatic rings. The van der Waals surface area contributed by atoms with Gasteiger partial charge in [-0.05, 0) is 13.0 Å². The molecule has 0 aliphatic carbocycles. The zero-order valence-corrected chi connectivity index (χ0v) is 7.35. The summed E-state index contributed by atoms with van der Waals surface area (Å²) in [6.07, 6.45) is -3.27. The van der Waals surface area contributed by atoms with Crippen LogP contribution in [-0.2, 0) is 4.79 Å². The molecule has 13 heavy (non-hydrogen) atoms. The van der Waals surface area contributed by atoms with Crippen LogP contribution in [0.4, 0.5) is 8.78 Å². The molecule has 1 heterocycles. The second-order valence-corrected chi connectivity index (χ2v) is 2.77. The van der Waals surface area contributed by atoms with Crippen molar-refractivity contribution in [1.82, 2.24) is 5.32 Å². The van der Waals surface area contributed by atoms with E-state index in [1.54, 1.807) is 0 Å². The summed E-state index contributed by atoms with van der Waals surface area (Å²) >= 11 is 0. The normalized spacial score (nSPS) is 33.1. The number of carbonyl (C=O) groups is 1. The third-order valence-corrected chi connectivity index (χ3v) is 2.00. The van der Waals surface area contributed by atoms with Crippen LogP contribution < -0.4 is 5.32 Å². The summed E-state index contributed by atoms with van der Waals surface area (Å²) in [5.41, 5.74) is -2.41. The van der Waals surface area contributed by atoms with Gasteiger partial charge in [-0.1, -0.05) is 0 Å². The molecule has 0 bridgehead atoms. The Kier molecular flexibility index (Phi) is 4.02. The molecule has 78 valence electrons. The highest BCUT2D eigenvalue weighted by atomic mass is 35.5. The number of carboxylic acid groups (broad SMARTS) is 1. The lowest BCUT2D eigenvalue weighted by Gasteiger charge is -2.25. The molecular weight excluding hydrogens is 208 g/mol. The van der Waals surface area contributed by atoms with Crippen LogP contribution in [-0.4, -0.2) is 40.8 Å². The summed E-state index contributed by atoms with van der Waals surface area (Å²) in [5, 5.41) is 19.9. The van der Waals surface area contributed by atoms with Crippen LogP contribution in [0.2, 0.25) is 0 Å². The number of carboxylic acids is 1. The monoisotopic (exact) mass is 217 g/mol. The Balaban J connectivity index is 0.00000144. The maximum absolute atomic E-state index is 12.2. The van der Waals surface area contributed by atoms with Gasteiger partial charge in [-0.3, -0.25) is 4.79 Å². The van der Waals surface area contributed by atoms with Crippen LogP contribution in [0, 0.1) is 0 Å². The number of alkyl halides is 2. The van der Waals surface area contributed by atoms with E-state index in [1.165, 1.54) is 0 Å². The molecule has 0 aromatic heterocycles. The Morgan fingerprint density at radius 2 is 2.15 bits per heavy atom. The van der Waals surface area contributed by atoms with E-state index >= 15 is 0 Å². The van der Waals surface area contributed by atoms with Crippen LogP contribution in [0.1, 0.15) is 6.42 Å². The van der Waals surface area contributed by atoms with Gasteiger partial charge in [0.2, 0.25) is 0 Å². The van der Waals surface area contributed by atoms with E-state index in [0.29, 0.717) is 0 Å². The molecular formula is C6H10ClF2NO3. The maximum Gasteiger partial charge on any atom is 0.323 e. The van der Waals surface area contributed by atoms with Crippen molar-refractivity contribution in [3.63, 3.8) is 0 Å². The smallest absolute Gasteiger partial charge is 0.323 e. The van der Waals surface area contributed by atoms with E-state index < -0.39 is 24.0 Å². The molecule has 0 radical (unpaired) electrons. The number of nitrogens with one attached hydrogen (secondary N) is 1. The molecule has 0 unspecified atom stereocenters. The largest absolute Gasteiger partial charge is 0.480 e. The highest BCUT2D eigenvalue weighted by Gasteiger charge is 2.52. The summed E-state index contributed by atoms with van der Waals surface area (Å²) < 4.78 is 24.4. The van der Waals surface area contributed by atoms with Gasteiger partial charge in [-0.25, -0.2) is 8.78 Å². The van der Waals surface area contributed by atoms with E-state index in [2.05, 4.69) is 5.32 Å². The van der Waals surface area contributed by atoms with Gasteiger partial charge < -0.3 is 15.5 Å². The molecule has 2 atom stereocenters. The van der Waals surface area contributed by atoms with Crippen LogP contribution in [0.25, 0.3) is 0 Å². The fraction of sp³-hybridized carbons (Fsp3) is 0.833. The second-order valence-electron chi connectivity index (χ2n) is 2.77. The molecule has 0 aromatic carbocycles. The maximum atomic E-state index is 12.2. The quantitative estimate of drug-likeness (QED) is 0.602. The average Bonchev–Trinajstić information content (AvgIpc) is 2.32. The molecule has 4 nitrogen and oxygen atoms in total. The second kappa shape index (κ2) is 4.17. The fourth-order valence-corrected chi connectivity index (χ4v) is 1.27. The third-order valence-electron chi connectivity index (χ3n) is 2.00. The van der Waals surface area contributed by atoms with Crippen molar-refractivity contribution in [2.45, 2.75) is 24.5 Å².